The summed E-state index contributed by atoms with van der Waals surface area (Å²) in [5.74, 6) is -4.09. The molecule has 0 saturated heterocycles. The zero-order valence-corrected chi connectivity index (χ0v) is 33.8. The number of carbonyl (C=O) groups is 4. The lowest BCUT2D eigenvalue weighted by molar-refractivity contribution is -0.137. The Morgan fingerprint density at radius 3 is 1.90 bits per heavy atom. The van der Waals surface area contributed by atoms with Gasteiger partial charge in [-0.1, -0.05) is 103 Å². The number of nitrogens with one attached hydrogen (secondary N) is 3. The fourth-order valence-electron chi connectivity index (χ4n) is 6.69. The average Bonchev–Trinajstić information content (AvgIpc) is 3.22. The quantitative estimate of drug-likeness (QED) is 0.0525. The smallest absolute Gasteiger partial charge is 0.412 e. The van der Waals surface area contributed by atoms with E-state index in [-0.39, 0.29) is 43.0 Å². The molecular formula is C47H48F2N4O7. The van der Waals surface area contributed by atoms with Gasteiger partial charge in [0, 0.05) is 31.2 Å². The number of hydrogen-bond donors (Lipinski definition) is 3. The van der Waals surface area contributed by atoms with Crippen LogP contribution in [0.15, 0.2) is 144 Å². The molecular weight excluding hydrogens is 771 g/mol. The SMILES string of the molecule is CCOC(=O)/C=C/[C@H](CCC(=O)NC(c1ccccc1)(c1ccccc1)c1ccccc1)NC(=O)[C@H](Cc1ccc(F)c(F)c1)n1cccc(NC(=O)OC(C)(C)C)c1=O. The van der Waals surface area contributed by atoms with Crippen LogP contribution in [0.5, 0.6) is 0 Å². The molecule has 1 heterocycles. The molecule has 13 heteroatoms. The first-order chi connectivity index (χ1) is 28.7. The fraction of sp³-hybridized carbons (Fsp3) is 0.255. The molecule has 4 aromatic carbocycles. The molecule has 312 valence electrons. The van der Waals surface area contributed by atoms with Gasteiger partial charge < -0.3 is 24.7 Å². The average molecular weight is 819 g/mol. The summed E-state index contributed by atoms with van der Waals surface area (Å²) in [5.41, 5.74) is -0.391. The van der Waals surface area contributed by atoms with E-state index in [0.717, 1.165) is 39.5 Å². The van der Waals surface area contributed by atoms with Crippen LogP contribution >= 0.6 is 0 Å². The Kier molecular flexibility index (Phi) is 14.9. The second-order valence-electron chi connectivity index (χ2n) is 14.9. The van der Waals surface area contributed by atoms with Crippen LogP contribution in [0.4, 0.5) is 19.3 Å². The summed E-state index contributed by atoms with van der Waals surface area (Å²) >= 11 is 0. The van der Waals surface area contributed by atoms with Gasteiger partial charge in [0.1, 0.15) is 22.9 Å². The largest absolute Gasteiger partial charge is 0.463 e. The molecule has 5 rings (SSSR count). The van der Waals surface area contributed by atoms with Gasteiger partial charge in [-0.3, -0.25) is 19.7 Å². The van der Waals surface area contributed by atoms with Gasteiger partial charge in [0.25, 0.3) is 5.56 Å². The highest BCUT2D eigenvalue weighted by Gasteiger charge is 2.38. The molecule has 0 bridgehead atoms. The first-order valence-electron chi connectivity index (χ1n) is 19.5. The molecule has 0 aliphatic heterocycles. The van der Waals surface area contributed by atoms with Crippen LogP contribution in [0.25, 0.3) is 0 Å². The molecule has 0 saturated carbocycles. The zero-order valence-electron chi connectivity index (χ0n) is 33.8. The number of rotatable bonds is 16. The van der Waals surface area contributed by atoms with Crippen molar-refractivity contribution in [3.8, 4) is 0 Å². The molecule has 0 fully saturated rings. The minimum Gasteiger partial charge on any atom is -0.463 e. The molecule has 3 N–H and O–H groups in total. The highest BCUT2D eigenvalue weighted by molar-refractivity contribution is 5.86. The third-order valence-corrected chi connectivity index (χ3v) is 9.37. The van der Waals surface area contributed by atoms with Crippen molar-refractivity contribution in [2.45, 2.75) is 70.2 Å². The summed E-state index contributed by atoms with van der Waals surface area (Å²) in [7, 11) is 0. The molecule has 0 aliphatic carbocycles. The van der Waals surface area contributed by atoms with E-state index in [0.29, 0.717) is 0 Å². The Morgan fingerprint density at radius 1 is 0.783 bits per heavy atom. The number of anilines is 1. The third kappa shape index (κ3) is 11.6. The number of pyridine rings is 1. The number of halogens is 2. The lowest BCUT2D eigenvalue weighted by Gasteiger charge is -2.37. The summed E-state index contributed by atoms with van der Waals surface area (Å²) in [5, 5.41) is 8.53. The van der Waals surface area contributed by atoms with Crippen LogP contribution in [0.3, 0.4) is 0 Å². The second kappa shape index (κ2) is 20.2. The molecule has 0 unspecified atom stereocenters. The maximum atomic E-state index is 14.4. The van der Waals surface area contributed by atoms with E-state index in [1.165, 1.54) is 30.5 Å². The van der Waals surface area contributed by atoms with Gasteiger partial charge in [0.15, 0.2) is 11.6 Å². The predicted molar refractivity (Wildman–Crippen MR) is 224 cm³/mol. The molecule has 0 radical (unpaired) electrons. The van der Waals surface area contributed by atoms with Gasteiger partial charge >= 0.3 is 12.1 Å². The van der Waals surface area contributed by atoms with Crippen LogP contribution in [-0.2, 0) is 35.8 Å². The number of benzene rings is 4. The maximum Gasteiger partial charge on any atom is 0.412 e. The van der Waals surface area contributed by atoms with E-state index in [4.69, 9.17) is 9.47 Å². The Morgan fingerprint density at radius 2 is 1.37 bits per heavy atom. The van der Waals surface area contributed by atoms with E-state index in [1.54, 1.807) is 27.7 Å². The van der Waals surface area contributed by atoms with Crippen molar-refractivity contribution in [1.29, 1.82) is 0 Å². The number of carbonyl (C=O) groups excluding carboxylic acids is 4. The Labute approximate surface area is 347 Å². The van der Waals surface area contributed by atoms with Gasteiger partial charge in [-0.25, -0.2) is 18.4 Å². The summed E-state index contributed by atoms with van der Waals surface area (Å²) in [6.07, 6.45) is 2.49. The molecule has 60 heavy (non-hydrogen) atoms. The lowest BCUT2D eigenvalue weighted by Crippen LogP contribution is -2.48. The van der Waals surface area contributed by atoms with E-state index < -0.39 is 58.4 Å². The van der Waals surface area contributed by atoms with Crippen LogP contribution in [-0.4, -0.2) is 46.7 Å². The van der Waals surface area contributed by atoms with E-state index >= 15 is 0 Å². The number of nitrogens with zero attached hydrogens (tertiary/aromatic N) is 1. The number of ether oxygens (including phenoxy) is 2. The standard InChI is InChI=1S/C47H48F2N4O7/c1-5-59-42(55)28-25-36(24-27-41(54)52-47(33-16-9-6-10-17-33,34-18-11-7-12-19-34)35-20-13-8-14-21-35)50-43(56)40(31-32-23-26-37(48)38(49)30-32)53-29-15-22-39(44(53)57)51-45(58)60-46(2,3)4/h6-23,25-26,28-30,36,40H,5,24,27,31H2,1-4H3,(H,50,56)(H,51,58)(H,52,54)/b28-25+/t36-,40-/m0/s1. The molecule has 3 amide bonds. The molecule has 0 spiro atoms. The minimum absolute atomic E-state index is 0.0189. The normalized spacial score (nSPS) is 12.6. The first kappa shape index (κ1) is 44.2. The first-order valence-corrected chi connectivity index (χ1v) is 19.5. The topological polar surface area (TPSA) is 145 Å². The van der Waals surface area contributed by atoms with Crippen molar-refractivity contribution in [2.75, 3.05) is 11.9 Å². The van der Waals surface area contributed by atoms with Crippen LogP contribution in [0.1, 0.15) is 68.8 Å². The van der Waals surface area contributed by atoms with Crippen molar-refractivity contribution in [1.82, 2.24) is 15.2 Å². The van der Waals surface area contributed by atoms with E-state index in [2.05, 4.69) is 16.0 Å². The van der Waals surface area contributed by atoms with Gasteiger partial charge in [0.05, 0.1) is 6.61 Å². The van der Waals surface area contributed by atoms with Crippen molar-refractivity contribution < 1.29 is 37.4 Å². The highest BCUT2D eigenvalue weighted by atomic mass is 19.2. The summed E-state index contributed by atoms with van der Waals surface area (Å²) < 4.78 is 39.8. The van der Waals surface area contributed by atoms with Crippen LogP contribution < -0.4 is 21.5 Å². The maximum absolute atomic E-state index is 14.4. The monoisotopic (exact) mass is 818 g/mol. The molecule has 2 atom stereocenters. The van der Waals surface area contributed by atoms with Crippen molar-refractivity contribution in [2.24, 2.45) is 0 Å². The number of amides is 3. The van der Waals surface area contributed by atoms with Crippen molar-refractivity contribution in [3.63, 3.8) is 0 Å². The zero-order chi connectivity index (χ0) is 43.3. The Bertz CT molecular complexity index is 2250. The fourth-order valence-corrected chi connectivity index (χ4v) is 6.69. The van der Waals surface area contributed by atoms with E-state index in [1.807, 2.05) is 91.0 Å². The second-order valence-corrected chi connectivity index (χ2v) is 14.9. The molecule has 11 nitrogen and oxygen atoms in total. The van der Waals surface area contributed by atoms with E-state index in [9.17, 15) is 32.8 Å². The number of esters is 1. The summed E-state index contributed by atoms with van der Waals surface area (Å²) in [6.45, 7) is 6.69. The third-order valence-electron chi connectivity index (χ3n) is 9.37. The minimum atomic E-state index is -1.39. The van der Waals surface area contributed by atoms with Crippen LogP contribution in [0, 0.1) is 11.6 Å². The predicted octanol–water partition coefficient (Wildman–Crippen LogP) is 7.75. The molecule has 0 aliphatic rings. The summed E-state index contributed by atoms with van der Waals surface area (Å²) in [6, 6.07) is 32.1. The Balaban J connectivity index is 1.48. The van der Waals surface area contributed by atoms with Gasteiger partial charge in [0.2, 0.25) is 11.8 Å². The van der Waals surface area contributed by atoms with Gasteiger partial charge in [-0.05, 0) is 80.6 Å². The molecule has 1 aromatic heterocycles. The number of hydrogen-bond acceptors (Lipinski definition) is 7. The Hall–Kier alpha value is -6.89. The number of aromatic nitrogens is 1. The van der Waals surface area contributed by atoms with Crippen molar-refractivity contribution >= 4 is 29.6 Å². The van der Waals surface area contributed by atoms with Gasteiger partial charge in [-0.15, -0.1) is 0 Å². The lowest BCUT2D eigenvalue weighted by atomic mass is 9.77. The summed E-state index contributed by atoms with van der Waals surface area (Å²) in [4.78, 5) is 67.6. The van der Waals surface area contributed by atoms with Gasteiger partial charge in [-0.2, -0.15) is 0 Å². The molecule has 5 aromatic rings. The van der Waals surface area contributed by atoms with Crippen molar-refractivity contribution in [3.05, 3.63) is 184 Å². The highest BCUT2D eigenvalue weighted by Crippen LogP contribution is 2.37. The van der Waals surface area contributed by atoms with Crippen LogP contribution in [0.2, 0.25) is 0 Å².